The van der Waals surface area contributed by atoms with Gasteiger partial charge in [0.25, 0.3) is 5.91 Å². The molecule has 0 saturated carbocycles. The number of piperidine rings is 1. The average Bonchev–Trinajstić information content (AvgIpc) is 3.53. The average molecular weight is 626 g/mol. The second kappa shape index (κ2) is 15.1. The van der Waals surface area contributed by atoms with Crippen molar-refractivity contribution in [2.75, 3.05) is 19.7 Å². The number of carbonyl (C=O) groups excluding carboxylic acids is 2. The number of hydrogen-bond donors (Lipinski definition) is 1. The summed E-state index contributed by atoms with van der Waals surface area (Å²) in [5.74, 6) is 1.00. The highest BCUT2D eigenvalue weighted by Gasteiger charge is 2.42. The van der Waals surface area contributed by atoms with Gasteiger partial charge in [-0.05, 0) is 90.6 Å². The van der Waals surface area contributed by atoms with Crippen molar-refractivity contribution in [1.29, 1.82) is 0 Å². The van der Waals surface area contributed by atoms with Gasteiger partial charge in [-0.2, -0.15) is 0 Å². The van der Waals surface area contributed by atoms with Crippen molar-refractivity contribution in [3.05, 3.63) is 149 Å². The highest BCUT2D eigenvalue weighted by Crippen LogP contribution is 2.47. The molecule has 2 N–H and O–H groups in total. The zero-order chi connectivity index (χ0) is 32.5. The topological polar surface area (TPSA) is 85.0 Å². The molecule has 1 fully saturated rings. The van der Waals surface area contributed by atoms with E-state index < -0.39 is 0 Å². The third kappa shape index (κ3) is 7.89. The van der Waals surface area contributed by atoms with Crippen LogP contribution in [0.3, 0.4) is 0 Å². The van der Waals surface area contributed by atoms with Crippen molar-refractivity contribution in [2.45, 2.75) is 50.0 Å². The summed E-state index contributed by atoms with van der Waals surface area (Å²) >= 11 is 0. The zero-order valence-corrected chi connectivity index (χ0v) is 26.8. The van der Waals surface area contributed by atoms with Crippen LogP contribution in [0.2, 0.25) is 0 Å². The number of primary amides is 1. The summed E-state index contributed by atoms with van der Waals surface area (Å²) in [6.45, 7) is 2.00. The smallest absolute Gasteiger partial charge is 0.253 e. The summed E-state index contributed by atoms with van der Waals surface area (Å²) < 4.78 is 6.20. The zero-order valence-electron chi connectivity index (χ0n) is 26.8. The van der Waals surface area contributed by atoms with Crippen molar-refractivity contribution in [2.24, 2.45) is 16.6 Å². The van der Waals surface area contributed by atoms with Gasteiger partial charge in [-0.25, -0.2) is 0 Å². The van der Waals surface area contributed by atoms with Crippen LogP contribution in [0.25, 0.3) is 0 Å². The van der Waals surface area contributed by atoms with E-state index in [0.29, 0.717) is 12.5 Å². The summed E-state index contributed by atoms with van der Waals surface area (Å²) in [6, 6.07) is 38.7. The van der Waals surface area contributed by atoms with E-state index in [1.807, 2.05) is 65.7 Å². The lowest BCUT2D eigenvalue weighted by Gasteiger charge is -2.40. The van der Waals surface area contributed by atoms with Crippen molar-refractivity contribution in [3.63, 3.8) is 0 Å². The molecular weight excluding hydrogens is 582 g/mol. The standard InChI is InChI=1S/C41H43N3O3/c42-39(45)29-31-12-10-19-36(28-31)47-27-11-23-41(30-37(32-13-4-1-5-14-32)33-15-6-2-7-16-33)38(20-24-43-41)34-21-25-44(26-22-34)40(46)35-17-8-3-9-18-35/h1-10,12-20,24,28,34,37H,11,21-23,25-27,29-30H2,(H2,42,45). The number of amides is 2. The van der Waals surface area contributed by atoms with Crippen LogP contribution >= 0.6 is 0 Å². The molecule has 1 atom stereocenters. The number of nitrogens with two attached hydrogens (primary N) is 1. The minimum absolute atomic E-state index is 0.109. The largest absolute Gasteiger partial charge is 0.494 e. The molecule has 1 saturated heterocycles. The first-order valence-electron chi connectivity index (χ1n) is 16.7. The number of allylic oxidation sites excluding steroid dienone is 1. The molecule has 0 aliphatic carbocycles. The minimum atomic E-state index is -0.385. The van der Waals surface area contributed by atoms with Gasteiger partial charge in [0.05, 0.1) is 18.6 Å². The Morgan fingerprint density at radius 1 is 0.851 bits per heavy atom. The van der Waals surface area contributed by atoms with Gasteiger partial charge in [-0.3, -0.25) is 14.6 Å². The van der Waals surface area contributed by atoms with E-state index in [1.54, 1.807) is 0 Å². The molecule has 240 valence electrons. The van der Waals surface area contributed by atoms with Crippen LogP contribution in [-0.2, 0) is 11.2 Å². The van der Waals surface area contributed by atoms with E-state index in [0.717, 1.165) is 62.1 Å². The van der Waals surface area contributed by atoms with E-state index in [4.69, 9.17) is 15.5 Å². The number of aliphatic imine (C=N–C) groups is 1. The molecule has 47 heavy (non-hydrogen) atoms. The molecule has 6 rings (SSSR count). The fourth-order valence-electron chi connectivity index (χ4n) is 7.28. The molecule has 2 aliphatic heterocycles. The molecule has 6 nitrogen and oxygen atoms in total. The van der Waals surface area contributed by atoms with Gasteiger partial charge >= 0.3 is 0 Å². The second-order valence-corrected chi connectivity index (χ2v) is 12.7. The highest BCUT2D eigenvalue weighted by molar-refractivity contribution is 5.94. The molecular formula is C41H43N3O3. The van der Waals surface area contributed by atoms with E-state index >= 15 is 0 Å². The first-order valence-corrected chi connectivity index (χ1v) is 16.7. The molecule has 2 amide bonds. The summed E-state index contributed by atoms with van der Waals surface area (Å²) in [5, 5.41) is 0. The van der Waals surface area contributed by atoms with Crippen LogP contribution in [0.15, 0.2) is 132 Å². The van der Waals surface area contributed by atoms with E-state index in [1.165, 1.54) is 16.7 Å². The van der Waals surface area contributed by atoms with Crippen LogP contribution in [-0.4, -0.2) is 48.2 Å². The molecule has 6 heteroatoms. The van der Waals surface area contributed by atoms with Gasteiger partial charge in [0.2, 0.25) is 5.91 Å². The van der Waals surface area contributed by atoms with Crippen molar-refractivity contribution >= 4 is 18.0 Å². The fraction of sp³-hybridized carbons (Fsp3) is 0.293. The Hall–Kier alpha value is -4.97. The van der Waals surface area contributed by atoms with Crippen LogP contribution < -0.4 is 10.5 Å². The first kappa shape index (κ1) is 32.0. The summed E-state index contributed by atoms with van der Waals surface area (Å²) in [4.78, 5) is 32.0. The quantitative estimate of drug-likeness (QED) is 0.157. The third-order valence-electron chi connectivity index (χ3n) is 9.58. The fourth-order valence-corrected chi connectivity index (χ4v) is 7.28. The number of benzene rings is 4. The van der Waals surface area contributed by atoms with Gasteiger partial charge in [0.15, 0.2) is 0 Å². The third-order valence-corrected chi connectivity index (χ3v) is 9.58. The maximum Gasteiger partial charge on any atom is 0.253 e. The monoisotopic (exact) mass is 625 g/mol. The van der Waals surface area contributed by atoms with E-state index in [2.05, 4.69) is 66.7 Å². The maximum atomic E-state index is 13.2. The predicted molar refractivity (Wildman–Crippen MR) is 188 cm³/mol. The number of nitrogens with zero attached hydrogens (tertiary/aromatic N) is 2. The summed E-state index contributed by atoms with van der Waals surface area (Å²) in [7, 11) is 0. The molecule has 0 bridgehead atoms. The molecule has 4 aromatic rings. The number of carbonyl (C=O) groups is 2. The Kier molecular flexibility index (Phi) is 10.3. The van der Waals surface area contributed by atoms with Gasteiger partial charge in [0.1, 0.15) is 5.75 Å². The first-order chi connectivity index (χ1) is 23.0. The number of hydrogen-bond acceptors (Lipinski definition) is 4. The minimum Gasteiger partial charge on any atom is -0.494 e. The SMILES string of the molecule is NC(=O)Cc1cccc(OCCCC2(CC(c3ccccc3)c3ccccc3)N=CC=C2C2CCN(C(=O)c3ccccc3)CC2)c1. The Morgan fingerprint density at radius 2 is 1.49 bits per heavy atom. The Balaban J connectivity index is 1.22. The van der Waals surface area contributed by atoms with Gasteiger partial charge < -0.3 is 15.4 Å². The molecule has 2 aliphatic rings. The molecule has 0 spiro atoms. The lowest BCUT2D eigenvalue weighted by atomic mass is 9.70. The lowest BCUT2D eigenvalue weighted by molar-refractivity contribution is -0.117. The van der Waals surface area contributed by atoms with Crippen LogP contribution in [0.4, 0.5) is 0 Å². The molecule has 2 heterocycles. The number of ether oxygens (including phenoxy) is 1. The summed E-state index contributed by atoms with van der Waals surface area (Å²) in [5.41, 5.74) is 10.6. The van der Waals surface area contributed by atoms with E-state index in [9.17, 15) is 9.59 Å². The van der Waals surface area contributed by atoms with Crippen molar-refractivity contribution < 1.29 is 14.3 Å². The number of rotatable bonds is 13. The van der Waals surface area contributed by atoms with Crippen LogP contribution in [0.5, 0.6) is 5.75 Å². The van der Waals surface area contributed by atoms with Crippen molar-refractivity contribution in [1.82, 2.24) is 4.90 Å². The Labute approximate surface area is 278 Å². The second-order valence-electron chi connectivity index (χ2n) is 12.7. The van der Waals surface area contributed by atoms with Crippen molar-refractivity contribution in [3.8, 4) is 5.75 Å². The van der Waals surface area contributed by atoms with E-state index in [-0.39, 0.29) is 29.7 Å². The predicted octanol–water partition coefficient (Wildman–Crippen LogP) is 7.40. The molecule has 0 aromatic heterocycles. The lowest BCUT2D eigenvalue weighted by Crippen LogP contribution is -2.42. The van der Waals surface area contributed by atoms with Gasteiger partial charge in [-0.1, -0.05) is 91.0 Å². The van der Waals surface area contributed by atoms with Gasteiger partial charge in [0, 0.05) is 30.8 Å². The Bertz CT molecular complexity index is 1660. The molecule has 0 radical (unpaired) electrons. The molecule has 4 aromatic carbocycles. The summed E-state index contributed by atoms with van der Waals surface area (Å²) in [6.07, 6.45) is 8.80. The highest BCUT2D eigenvalue weighted by atomic mass is 16.5. The normalized spacial score (nSPS) is 17.9. The van der Waals surface area contributed by atoms with Crippen LogP contribution in [0, 0.1) is 5.92 Å². The Morgan fingerprint density at radius 3 is 2.13 bits per heavy atom. The van der Waals surface area contributed by atoms with Gasteiger partial charge in [-0.15, -0.1) is 0 Å². The van der Waals surface area contributed by atoms with Crippen LogP contribution in [0.1, 0.15) is 65.1 Å². The number of likely N-dealkylation sites (tertiary alicyclic amines) is 1. The molecule has 1 unspecified atom stereocenters. The maximum absolute atomic E-state index is 13.2.